The number of ether oxygens (including phenoxy) is 1. The Morgan fingerprint density at radius 1 is 1.40 bits per heavy atom. The third-order valence-corrected chi connectivity index (χ3v) is 4.33. The largest absolute Gasteiger partial charge is 0.383 e. The molecular weight excluding hydrogens is 254 g/mol. The lowest BCUT2D eigenvalue weighted by molar-refractivity contribution is -0.124. The summed E-state index contributed by atoms with van der Waals surface area (Å²) < 4.78 is 5.22. The minimum absolute atomic E-state index is 0.264. The van der Waals surface area contributed by atoms with Crippen molar-refractivity contribution in [2.45, 2.75) is 64.6 Å². The highest BCUT2D eigenvalue weighted by atomic mass is 16.5. The Kier molecular flexibility index (Phi) is 9.01. The van der Waals surface area contributed by atoms with Crippen LogP contribution in [0.15, 0.2) is 0 Å². The fourth-order valence-electron chi connectivity index (χ4n) is 2.75. The van der Waals surface area contributed by atoms with Crippen LogP contribution in [0.3, 0.4) is 0 Å². The van der Waals surface area contributed by atoms with Crippen LogP contribution in [0, 0.1) is 0 Å². The normalized spacial score (nSPS) is 16.4. The number of hydrogen-bond donors (Lipinski definition) is 2. The molecule has 0 aromatic carbocycles. The van der Waals surface area contributed by atoms with Gasteiger partial charge in [-0.1, -0.05) is 13.8 Å². The van der Waals surface area contributed by atoms with Crippen molar-refractivity contribution in [1.82, 2.24) is 10.2 Å². The van der Waals surface area contributed by atoms with Gasteiger partial charge in [-0.2, -0.15) is 0 Å². The zero-order valence-electron chi connectivity index (χ0n) is 14.0. The SMILES string of the molecule is CCC(CC)N(CCOC)C(C)CC(C)(NC)C(N)=O. The molecule has 0 aliphatic heterocycles. The van der Waals surface area contributed by atoms with Crippen LogP contribution in [0.5, 0.6) is 0 Å². The molecule has 0 aliphatic rings. The standard InChI is InChI=1S/C15H33N3O2/c1-7-13(8-2)18(9-10-20-6)12(3)11-15(4,17-5)14(16)19/h12-13,17H,7-11H2,1-6H3,(H2,16,19). The number of hydrogen-bond acceptors (Lipinski definition) is 4. The van der Waals surface area contributed by atoms with Gasteiger partial charge in [0.2, 0.25) is 5.91 Å². The lowest BCUT2D eigenvalue weighted by Gasteiger charge is -2.39. The van der Waals surface area contributed by atoms with E-state index < -0.39 is 5.54 Å². The molecule has 0 saturated carbocycles. The molecule has 0 fully saturated rings. The molecule has 5 nitrogen and oxygen atoms in total. The van der Waals surface area contributed by atoms with E-state index in [0.29, 0.717) is 19.1 Å². The average Bonchev–Trinajstić information content (AvgIpc) is 2.42. The Morgan fingerprint density at radius 3 is 2.30 bits per heavy atom. The first-order valence-electron chi connectivity index (χ1n) is 7.59. The second-order valence-corrected chi connectivity index (χ2v) is 5.70. The van der Waals surface area contributed by atoms with Crippen LogP contribution >= 0.6 is 0 Å². The summed E-state index contributed by atoms with van der Waals surface area (Å²) in [6, 6.07) is 0.772. The minimum atomic E-state index is -0.670. The van der Waals surface area contributed by atoms with E-state index in [1.54, 1.807) is 14.2 Å². The van der Waals surface area contributed by atoms with E-state index in [4.69, 9.17) is 10.5 Å². The van der Waals surface area contributed by atoms with Crippen LogP contribution in [-0.2, 0) is 9.53 Å². The molecule has 0 rings (SSSR count). The van der Waals surface area contributed by atoms with Gasteiger partial charge in [-0.15, -0.1) is 0 Å². The topological polar surface area (TPSA) is 67.6 Å². The molecule has 20 heavy (non-hydrogen) atoms. The molecule has 0 radical (unpaired) electrons. The Morgan fingerprint density at radius 2 is 1.95 bits per heavy atom. The molecule has 0 spiro atoms. The predicted molar refractivity (Wildman–Crippen MR) is 83.7 cm³/mol. The molecule has 0 aromatic rings. The van der Waals surface area contributed by atoms with Gasteiger partial charge in [0, 0.05) is 25.7 Å². The van der Waals surface area contributed by atoms with Crippen molar-refractivity contribution < 1.29 is 9.53 Å². The highest BCUT2D eigenvalue weighted by Gasteiger charge is 2.33. The third kappa shape index (κ3) is 5.38. The number of nitrogens with one attached hydrogen (secondary N) is 1. The zero-order chi connectivity index (χ0) is 15.8. The van der Waals surface area contributed by atoms with Gasteiger partial charge in [-0.05, 0) is 40.2 Å². The van der Waals surface area contributed by atoms with E-state index in [2.05, 4.69) is 31.0 Å². The van der Waals surface area contributed by atoms with Crippen LogP contribution in [0.25, 0.3) is 0 Å². The van der Waals surface area contributed by atoms with Gasteiger partial charge < -0.3 is 15.8 Å². The summed E-state index contributed by atoms with van der Waals surface area (Å²) in [5.74, 6) is -0.303. The Balaban J connectivity index is 4.92. The van der Waals surface area contributed by atoms with Gasteiger partial charge in [-0.3, -0.25) is 9.69 Å². The fourth-order valence-corrected chi connectivity index (χ4v) is 2.75. The molecule has 1 amide bonds. The molecule has 2 unspecified atom stereocenters. The summed E-state index contributed by atoms with van der Waals surface area (Å²) in [5.41, 5.74) is 4.86. The summed E-state index contributed by atoms with van der Waals surface area (Å²) in [4.78, 5) is 14.1. The molecule has 5 heteroatoms. The average molecular weight is 287 g/mol. The van der Waals surface area contributed by atoms with Crippen molar-refractivity contribution in [3.63, 3.8) is 0 Å². The number of primary amides is 1. The second kappa shape index (κ2) is 9.32. The smallest absolute Gasteiger partial charge is 0.237 e. The third-order valence-electron chi connectivity index (χ3n) is 4.33. The number of nitrogens with zero attached hydrogens (tertiary/aromatic N) is 1. The maximum Gasteiger partial charge on any atom is 0.237 e. The van der Waals surface area contributed by atoms with Gasteiger partial charge in [0.05, 0.1) is 12.1 Å². The lowest BCUT2D eigenvalue weighted by Crippen LogP contribution is -2.56. The first-order chi connectivity index (χ1) is 9.36. The number of amides is 1. The fraction of sp³-hybridized carbons (Fsp3) is 0.933. The van der Waals surface area contributed by atoms with E-state index in [1.165, 1.54) is 0 Å². The number of carbonyl (C=O) groups is 1. The van der Waals surface area contributed by atoms with E-state index in [9.17, 15) is 4.79 Å². The van der Waals surface area contributed by atoms with Crippen LogP contribution in [-0.4, -0.2) is 55.7 Å². The van der Waals surface area contributed by atoms with Gasteiger partial charge in [0.1, 0.15) is 0 Å². The van der Waals surface area contributed by atoms with E-state index in [0.717, 1.165) is 19.4 Å². The molecule has 0 bridgehead atoms. The number of methoxy groups -OCH3 is 1. The van der Waals surface area contributed by atoms with Gasteiger partial charge in [0.25, 0.3) is 0 Å². The molecular formula is C15H33N3O2. The summed E-state index contributed by atoms with van der Waals surface area (Å²) >= 11 is 0. The van der Waals surface area contributed by atoms with Gasteiger partial charge in [-0.25, -0.2) is 0 Å². The molecule has 120 valence electrons. The molecule has 3 N–H and O–H groups in total. The zero-order valence-corrected chi connectivity index (χ0v) is 14.0. The van der Waals surface area contributed by atoms with E-state index >= 15 is 0 Å². The molecule has 0 aliphatic carbocycles. The van der Waals surface area contributed by atoms with Gasteiger partial charge >= 0.3 is 0 Å². The summed E-state index contributed by atoms with van der Waals surface area (Å²) in [7, 11) is 3.50. The quantitative estimate of drug-likeness (QED) is 0.602. The first-order valence-corrected chi connectivity index (χ1v) is 7.59. The Labute approximate surface area is 124 Å². The van der Waals surface area contributed by atoms with Crippen LogP contribution < -0.4 is 11.1 Å². The van der Waals surface area contributed by atoms with Crippen molar-refractivity contribution in [1.29, 1.82) is 0 Å². The molecule has 0 aromatic heterocycles. The van der Waals surface area contributed by atoms with E-state index in [1.807, 2.05) is 6.92 Å². The highest BCUT2D eigenvalue weighted by molar-refractivity contribution is 5.84. The van der Waals surface area contributed by atoms with Crippen molar-refractivity contribution in [3.05, 3.63) is 0 Å². The maximum absolute atomic E-state index is 11.6. The van der Waals surface area contributed by atoms with Gasteiger partial charge in [0.15, 0.2) is 0 Å². The summed E-state index contributed by atoms with van der Waals surface area (Å²) in [6.07, 6.45) is 2.88. The molecule has 0 heterocycles. The van der Waals surface area contributed by atoms with Crippen molar-refractivity contribution in [2.75, 3.05) is 27.3 Å². The van der Waals surface area contributed by atoms with Crippen LogP contribution in [0.4, 0.5) is 0 Å². The van der Waals surface area contributed by atoms with Crippen LogP contribution in [0.1, 0.15) is 47.0 Å². The summed E-state index contributed by atoms with van der Waals surface area (Å²) in [6.45, 7) is 10.0. The summed E-state index contributed by atoms with van der Waals surface area (Å²) in [5, 5.41) is 3.06. The van der Waals surface area contributed by atoms with Crippen LogP contribution in [0.2, 0.25) is 0 Å². The number of nitrogens with two attached hydrogens (primary N) is 1. The second-order valence-electron chi connectivity index (χ2n) is 5.70. The van der Waals surface area contributed by atoms with Crippen molar-refractivity contribution in [2.24, 2.45) is 5.73 Å². The van der Waals surface area contributed by atoms with E-state index in [-0.39, 0.29) is 11.9 Å². The maximum atomic E-state index is 11.6. The minimum Gasteiger partial charge on any atom is -0.383 e. The number of likely N-dealkylation sites (N-methyl/N-ethyl adjacent to an activating group) is 1. The Hall–Kier alpha value is -0.650. The van der Waals surface area contributed by atoms with Crippen molar-refractivity contribution >= 4 is 5.91 Å². The first kappa shape index (κ1) is 19.4. The number of rotatable bonds is 11. The molecule has 0 saturated heterocycles. The predicted octanol–water partition coefficient (Wildman–Crippen LogP) is 1.37. The number of carbonyl (C=O) groups excluding carboxylic acids is 1. The lowest BCUT2D eigenvalue weighted by atomic mass is 9.91. The highest BCUT2D eigenvalue weighted by Crippen LogP contribution is 2.20. The Bertz CT molecular complexity index is 282. The molecule has 2 atom stereocenters. The monoisotopic (exact) mass is 287 g/mol. The van der Waals surface area contributed by atoms with Crippen molar-refractivity contribution in [3.8, 4) is 0 Å².